The van der Waals surface area contributed by atoms with E-state index in [1.165, 1.54) is 4.88 Å². The van der Waals surface area contributed by atoms with Crippen molar-refractivity contribution in [3.05, 3.63) is 52.0 Å². The lowest BCUT2D eigenvalue weighted by molar-refractivity contribution is 0.168. The second-order valence-corrected chi connectivity index (χ2v) is 5.13. The monoisotopic (exact) mass is 233 g/mol. The van der Waals surface area contributed by atoms with Crippen molar-refractivity contribution in [3.8, 4) is 0 Å². The third-order valence-corrected chi connectivity index (χ3v) is 3.49. The molecule has 16 heavy (non-hydrogen) atoms. The molecule has 0 aliphatic carbocycles. The van der Waals surface area contributed by atoms with Gasteiger partial charge in [-0.15, -0.1) is 11.3 Å². The third kappa shape index (κ3) is 2.90. The van der Waals surface area contributed by atoms with Crippen molar-refractivity contribution in [2.75, 3.05) is 0 Å². The Kier molecular flexibility index (Phi) is 3.70. The molecule has 0 fully saturated rings. The fourth-order valence-electron chi connectivity index (χ4n) is 1.64. The maximum Gasteiger partial charge on any atom is 0.0896 e. The summed E-state index contributed by atoms with van der Waals surface area (Å²) >= 11 is 1.70. The zero-order chi connectivity index (χ0) is 11.4. The summed E-state index contributed by atoms with van der Waals surface area (Å²) in [6, 6.07) is 9.79. The quantitative estimate of drug-likeness (QED) is 0.880. The van der Waals surface area contributed by atoms with Crippen molar-refractivity contribution in [1.82, 2.24) is 4.98 Å². The molecule has 0 bridgehead atoms. The molecule has 1 unspecified atom stereocenters. The molecule has 0 amide bonds. The Labute approximate surface area is 99.6 Å². The van der Waals surface area contributed by atoms with E-state index in [1.54, 1.807) is 11.3 Å². The predicted octanol–water partition coefficient (Wildman–Crippen LogP) is 3.12. The maximum absolute atomic E-state index is 9.97. The van der Waals surface area contributed by atoms with Crippen molar-refractivity contribution < 1.29 is 5.11 Å². The van der Waals surface area contributed by atoms with Gasteiger partial charge in [0.2, 0.25) is 0 Å². The number of aliphatic hydroxyl groups is 1. The molecule has 3 heteroatoms. The first-order chi connectivity index (χ1) is 7.75. The molecular formula is C13H15NOS. The molecular weight excluding hydrogens is 218 g/mol. The van der Waals surface area contributed by atoms with Crippen LogP contribution in [0.15, 0.2) is 36.5 Å². The summed E-state index contributed by atoms with van der Waals surface area (Å²) in [6.07, 6.45) is 3.17. The van der Waals surface area contributed by atoms with E-state index in [9.17, 15) is 5.11 Å². The average molecular weight is 233 g/mol. The van der Waals surface area contributed by atoms with Gasteiger partial charge in [0.25, 0.3) is 0 Å². The highest BCUT2D eigenvalue weighted by Crippen LogP contribution is 2.21. The highest BCUT2D eigenvalue weighted by Gasteiger charge is 2.07. The minimum Gasteiger partial charge on any atom is -0.388 e. The van der Waals surface area contributed by atoms with Crippen LogP contribution in [-0.4, -0.2) is 10.1 Å². The van der Waals surface area contributed by atoms with Crippen molar-refractivity contribution in [3.63, 3.8) is 0 Å². The minimum absolute atomic E-state index is 0.372. The number of thiazole rings is 1. The number of aliphatic hydroxyl groups excluding tert-OH is 1. The normalized spacial score (nSPS) is 12.6. The van der Waals surface area contributed by atoms with E-state index in [0.29, 0.717) is 0 Å². The molecule has 0 saturated carbocycles. The van der Waals surface area contributed by atoms with Crippen LogP contribution in [0, 0.1) is 6.92 Å². The fraction of sp³-hybridized carbons (Fsp3) is 0.308. The molecule has 1 N–H and O–H groups in total. The van der Waals surface area contributed by atoms with Gasteiger partial charge in [0.15, 0.2) is 0 Å². The largest absolute Gasteiger partial charge is 0.388 e. The summed E-state index contributed by atoms with van der Waals surface area (Å²) in [5.74, 6) is 0. The Morgan fingerprint density at radius 2 is 2.06 bits per heavy atom. The Bertz CT molecular complexity index is 438. The highest BCUT2D eigenvalue weighted by molar-refractivity contribution is 7.11. The zero-order valence-corrected chi connectivity index (χ0v) is 10.1. The van der Waals surface area contributed by atoms with Crippen LogP contribution in [0.2, 0.25) is 0 Å². The van der Waals surface area contributed by atoms with E-state index in [2.05, 4.69) is 4.98 Å². The second-order valence-electron chi connectivity index (χ2n) is 3.81. The van der Waals surface area contributed by atoms with E-state index >= 15 is 0 Å². The number of hydrogen-bond acceptors (Lipinski definition) is 3. The van der Waals surface area contributed by atoms with Crippen molar-refractivity contribution in [2.24, 2.45) is 0 Å². The number of aromatic nitrogens is 1. The van der Waals surface area contributed by atoms with Gasteiger partial charge in [0.05, 0.1) is 11.1 Å². The van der Waals surface area contributed by atoms with Crippen LogP contribution in [0.3, 0.4) is 0 Å². The van der Waals surface area contributed by atoms with Crippen molar-refractivity contribution >= 4 is 11.3 Å². The summed E-state index contributed by atoms with van der Waals surface area (Å²) in [7, 11) is 0. The lowest BCUT2D eigenvalue weighted by Crippen LogP contribution is -1.98. The fourth-order valence-corrected chi connectivity index (χ4v) is 2.45. The van der Waals surface area contributed by atoms with Gasteiger partial charge in [-0.05, 0) is 25.3 Å². The summed E-state index contributed by atoms with van der Waals surface area (Å²) in [4.78, 5) is 5.45. The van der Waals surface area contributed by atoms with Crippen molar-refractivity contribution in [1.29, 1.82) is 0 Å². The SMILES string of the molecule is Cc1ncc(CCC(O)c2ccccc2)s1. The van der Waals surface area contributed by atoms with Gasteiger partial charge in [-0.2, -0.15) is 0 Å². The van der Waals surface area contributed by atoms with Gasteiger partial charge in [-0.1, -0.05) is 30.3 Å². The standard InChI is InChI=1S/C13H15NOS/c1-10-14-9-12(16-10)7-8-13(15)11-5-3-2-4-6-11/h2-6,9,13,15H,7-8H2,1H3. The summed E-state index contributed by atoms with van der Waals surface area (Å²) in [6.45, 7) is 2.00. The molecule has 1 aromatic carbocycles. The molecule has 84 valence electrons. The third-order valence-electron chi connectivity index (χ3n) is 2.52. The lowest BCUT2D eigenvalue weighted by Gasteiger charge is -2.09. The number of rotatable bonds is 4. The first kappa shape index (κ1) is 11.3. The number of hydrogen-bond donors (Lipinski definition) is 1. The molecule has 1 atom stereocenters. The van der Waals surface area contributed by atoms with E-state index in [1.807, 2.05) is 43.5 Å². The number of benzene rings is 1. The molecule has 2 rings (SSSR count). The topological polar surface area (TPSA) is 33.1 Å². The van der Waals surface area contributed by atoms with Crippen molar-refractivity contribution in [2.45, 2.75) is 25.9 Å². The van der Waals surface area contributed by atoms with Crippen LogP contribution < -0.4 is 0 Å². The lowest BCUT2D eigenvalue weighted by atomic mass is 10.1. The predicted molar refractivity (Wildman–Crippen MR) is 66.6 cm³/mol. The van der Waals surface area contributed by atoms with Crippen LogP contribution in [-0.2, 0) is 6.42 Å². The minimum atomic E-state index is -0.372. The molecule has 1 heterocycles. The van der Waals surface area contributed by atoms with Crippen LogP contribution >= 0.6 is 11.3 Å². The Balaban J connectivity index is 1.91. The van der Waals surface area contributed by atoms with E-state index in [-0.39, 0.29) is 6.10 Å². The van der Waals surface area contributed by atoms with Crippen LogP contribution in [0.25, 0.3) is 0 Å². The first-order valence-electron chi connectivity index (χ1n) is 5.40. The molecule has 1 aromatic heterocycles. The molecule has 0 saturated heterocycles. The van der Waals surface area contributed by atoms with E-state index in [4.69, 9.17) is 0 Å². The maximum atomic E-state index is 9.97. The van der Waals surface area contributed by atoms with E-state index < -0.39 is 0 Å². The Hall–Kier alpha value is -1.19. The smallest absolute Gasteiger partial charge is 0.0896 e. The van der Waals surface area contributed by atoms with Crippen LogP contribution in [0.4, 0.5) is 0 Å². The molecule has 0 spiro atoms. The molecule has 2 nitrogen and oxygen atoms in total. The van der Waals surface area contributed by atoms with Gasteiger partial charge in [0, 0.05) is 11.1 Å². The first-order valence-corrected chi connectivity index (χ1v) is 6.21. The van der Waals surface area contributed by atoms with Gasteiger partial charge in [-0.3, -0.25) is 0 Å². The molecule has 0 aliphatic heterocycles. The number of aryl methyl sites for hydroxylation is 2. The van der Waals surface area contributed by atoms with Crippen LogP contribution in [0.5, 0.6) is 0 Å². The molecule has 2 aromatic rings. The number of nitrogens with zero attached hydrogens (tertiary/aromatic N) is 1. The average Bonchev–Trinajstić information content (AvgIpc) is 2.73. The Morgan fingerprint density at radius 1 is 1.31 bits per heavy atom. The highest BCUT2D eigenvalue weighted by atomic mass is 32.1. The summed E-state index contributed by atoms with van der Waals surface area (Å²) in [5.41, 5.74) is 0.990. The zero-order valence-electron chi connectivity index (χ0n) is 9.26. The summed E-state index contributed by atoms with van der Waals surface area (Å²) < 4.78 is 0. The van der Waals surface area contributed by atoms with Crippen LogP contribution in [0.1, 0.15) is 28.0 Å². The second kappa shape index (κ2) is 5.23. The van der Waals surface area contributed by atoms with Gasteiger partial charge in [0.1, 0.15) is 0 Å². The van der Waals surface area contributed by atoms with Gasteiger partial charge >= 0.3 is 0 Å². The van der Waals surface area contributed by atoms with Gasteiger partial charge in [-0.25, -0.2) is 4.98 Å². The molecule has 0 radical (unpaired) electrons. The summed E-state index contributed by atoms with van der Waals surface area (Å²) in [5, 5.41) is 11.1. The Morgan fingerprint density at radius 3 is 2.69 bits per heavy atom. The molecule has 0 aliphatic rings. The van der Waals surface area contributed by atoms with E-state index in [0.717, 1.165) is 23.4 Å². The van der Waals surface area contributed by atoms with Gasteiger partial charge < -0.3 is 5.11 Å².